The lowest BCUT2D eigenvalue weighted by molar-refractivity contribution is -0.139. The van der Waals surface area contributed by atoms with E-state index in [1.807, 2.05) is 6.92 Å². The van der Waals surface area contributed by atoms with E-state index in [-0.39, 0.29) is 12.3 Å². The van der Waals surface area contributed by atoms with E-state index in [1.54, 1.807) is 20.8 Å². The molecule has 5 nitrogen and oxygen atoms in total. The fourth-order valence-electron chi connectivity index (χ4n) is 2.96. The molecule has 1 saturated carbocycles. The minimum Gasteiger partial charge on any atom is -0.481 e. The molecule has 1 fully saturated rings. The maximum Gasteiger partial charge on any atom is 0.408 e. The van der Waals surface area contributed by atoms with Gasteiger partial charge in [-0.2, -0.15) is 0 Å². The van der Waals surface area contributed by atoms with Crippen molar-refractivity contribution in [2.75, 3.05) is 0 Å². The monoisotopic (exact) mass is 271 g/mol. The number of aliphatic carboxylic acids is 1. The van der Waals surface area contributed by atoms with Crippen molar-refractivity contribution in [2.45, 2.75) is 70.9 Å². The van der Waals surface area contributed by atoms with Crippen LogP contribution in [-0.2, 0) is 9.53 Å². The molecule has 1 amide bonds. The van der Waals surface area contributed by atoms with Crippen molar-refractivity contribution >= 4 is 12.1 Å². The number of carboxylic acid groups (broad SMARTS) is 1. The molecule has 0 saturated heterocycles. The molecule has 0 radical (unpaired) electrons. The van der Waals surface area contributed by atoms with Crippen LogP contribution in [0.1, 0.15) is 59.8 Å². The number of alkyl carbamates (subject to hydrolysis) is 1. The average Bonchev–Trinajstić information content (AvgIpc) is 2.55. The number of carbonyl (C=O) groups is 2. The van der Waals surface area contributed by atoms with Crippen molar-refractivity contribution in [1.82, 2.24) is 5.32 Å². The van der Waals surface area contributed by atoms with Gasteiger partial charge in [0, 0.05) is 0 Å². The first-order chi connectivity index (χ1) is 8.68. The van der Waals surface area contributed by atoms with Crippen LogP contribution in [0, 0.1) is 5.92 Å². The van der Waals surface area contributed by atoms with Crippen molar-refractivity contribution in [3.8, 4) is 0 Å². The summed E-state index contributed by atoms with van der Waals surface area (Å²) in [5, 5.41) is 11.9. The number of hydrogen-bond donors (Lipinski definition) is 2. The lowest BCUT2D eigenvalue weighted by Gasteiger charge is -2.35. The van der Waals surface area contributed by atoms with E-state index in [2.05, 4.69) is 5.32 Å². The highest BCUT2D eigenvalue weighted by atomic mass is 16.6. The second kappa shape index (κ2) is 5.80. The average molecular weight is 271 g/mol. The molecule has 5 heteroatoms. The summed E-state index contributed by atoms with van der Waals surface area (Å²) >= 11 is 0. The van der Waals surface area contributed by atoms with E-state index in [4.69, 9.17) is 9.84 Å². The van der Waals surface area contributed by atoms with Crippen LogP contribution >= 0.6 is 0 Å². The van der Waals surface area contributed by atoms with E-state index in [0.717, 1.165) is 19.3 Å². The Bertz CT molecular complexity index is 348. The van der Waals surface area contributed by atoms with Gasteiger partial charge in [-0.3, -0.25) is 4.79 Å². The number of amides is 1. The quantitative estimate of drug-likeness (QED) is 0.824. The summed E-state index contributed by atoms with van der Waals surface area (Å²) in [4.78, 5) is 23.0. The van der Waals surface area contributed by atoms with Crippen LogP contribution in [0.15, 0.2) is 0 Å². The Balaban J connectivity index is 2.81. The zero-order valence-corrected chi connectivity index (χ0v) is 12.3. The molecule has 1 aliphatic carbocycles. The van der Waals surface area contributed by atoms with Gasteiger partial charge in [0.25, 0.3) is 0 Å². The van der Waals surface area contributed by atoms with Crippen molar-refractivity contribution < 1.29 is 19.4 Å². The number of ether oxygens (including phenoxy) is 1. The highest BCUT2D eigenvalue weighted by Crippen LogP contribution is 2.40. The summed E-state index contributed by atoms with van der Waals surface area (Å²) in [5.74, 6) is -0.674. The summed E-state index contributed by atoms with van der Waals surface area (Å²) in [6.07, 6.45) is 2.92. The zero-order chi connectivity index (χ0) is 14.7. The first kappa shape index (κ1) is 15.8. The van der Waals surface area contributed by atoms with Gasteiger partial charge < -0.3 is 15.2 Å². The third kappa shape index (κ3) is 4.40. The number of carbonyl (C=O) groups excluding carboxylic acids is 1. The number of nitrogens with one attached hydrogen (secondary N) is 1. The van der Waals surface area contributed by atoms with E-state index >= 15 is 0 Å². The molecule has 19 heavy (non-hydrogen) atoms. The molecule has 0 heterocycles. The predicted molar refractivity (Wildman–Crippen MR) is 72.0 cm³/mol. The molecule has 0 spiro atoms. The first-order valence-corrected chi connectivity index (χ1v) is 6.91. The molecule has 110 valence electrons. The van der Waals surface area contributed by atoms with Crippen LogP contribution in [0.25, 0.3) is 0 Å². The first-order valence-electron chi connectivity index (χ1n) is 6.91. The molecule has 1 aliphatic rings. The van der Waals surface area contributed by atoms with Gasteiger partial charge in [-0.15, -0.1) is 0 Å². The summed E-state index contributed by atoms with van der Waals surface area (Å²) in [5.41, 5.74) is -1.22. The number of hydrogen-bond acceptors (Lipinski definition) is 3. The molecular formula is C14H25NO4. The molecule has 0 aromatic rings. The van der Waals surface area contributed by atoms with Gasteiger partial charge in [-0.25, -0.2) is 4.79 Å². The summed E-state index contributed by atoms with van der Waals surface area (Å²) < 4.78 is 5.26. The highest BCUT2D eigenvalue weighted by molar-refractivity contribution is 5.73. The van der Waals surface area contributed by atoms with Crippen LogP contribution in [0.4, 0.5) is 4.79 Å². The second-order valence-corrected chi connectivity index (χ2v) is 6.35. The van der Waals surface area contributed by atoms with Gasteiger partial charge in [-0.05, 0) is 39.5 Å². The van der Waals surface area contributed by atoms with Gasteiger partial charge in [0.05, 0.1) is 12.0 Å². The molecular weight excluding hydrogens is 246 g/mol. The van der Waals surface area contributed by atoms with Crippen molar-refractivity contribution in [1.29, 1.82) is 0 Å². The molecule has 1 rings (SSSR count). The second-order valence-electron chi connectivity index (χ2n) is 6.35. The van der Waals surface area contributed by atoms with Crippen molar-refractivity contribution in [3.63, 3.8) is 0 Å². The number of carboxylic acids is 1. The van der Waals surface area contributed by atoms with E-state index in [1.165, 1.54) is 0 Å². The van der Waals surface area contributed by atoms with E-state index in [0.29, 0.717) is 6.42 Å². The molecule has 0 aromatic carbocycles. The van der Waals surface area contributed by atoms with Gasteiger partial charge in [-0.1, -0.05) is 19.8 Å². The fraction of sp³-hybridized carbons (Fsp3) is 0.857. The molecule has 2 N–H and O–H groups in total. The maximum absolute atomic E-state index is 11.9. The fourth-order valence-corrected chi connectivity index (χ4v) is 2.96. The predicted octanol–water partition coefficient (Wildman–Crippen LogP) is 2.93. The lowest BCUT2D eigenvalue weighted by Crippen LogP contribution is -2.53. The van der Waals surface area contributed by atoms with Gasteiger partial charge in [0.2, 0.25) is 0 Å². The highest BCUT2D eigenvalue weighted by Gasteiger charge is 2.45. The van der Waals surface area contributed by atoms with E-state index in [9.17, 15) is 9.59 Å². The van der Waals surface area contributed by atoms with Crippen molar-refractivity contribution in [2.24, 2.45) is 5.92 Å². The molecule has 0 bridgehead atoms. The Hall–Kier alpha value is -1.26. The Labute approximate surface area is 114 Å². The minimum absolute atomic E-state index is 0.0370. The SMILES string of the molecule is CCC1CCCC1(CC(=O)O)NC(=O)OC(C)(C)C. The minimum atomic E-state index is -0.878. The molecule has 0 aromatic heterocycles. The Kier molecular flexibility index (Phi) is 4.82. The van der Waals surface area contributed by atoms with Crippen molar-refractivity contribution in [3.05, 3.63) is 0 Å². The van der Waals surface area contributed by atoms with Crippen LogP contribution in [0.5, 0.6) is 0 Å². The van der Waals surface area contributed by atoms with Crippen LogP contribution < -0.4 is 5.32 Å². The Morgan fingerprint density at radius 1 is 1.42 bits per heavy atom. The Morgan fingerprint density at radius 2 is 2.05 bits per heavy atom. The van der Waals surface area contributed by atoms with Crippen LogP contribution in [0.3, 0.4) is 0 Å². The zero-order valence-electron chi connectivity index (χ0n) is 12.3. The molecule has 2 atom stereocenters. The maximum atomic E-state index is 11.9. The summed E-state index contributed by atoms with van der Waals surface area (Å²) in [7, 11) is 0. The third-order valence-electron chi connectivity index (χ3n) is 3.67. The lowest BCUT2D eigenvalue weighted by atomic mass is 9.82. The number of rotatable bonds is 4. The summed E-state index contributed by atoms with van der Waals surface area (Å²) in [6, 6.07) is 0. The Morgan fingerprint density at radius 3 is 2.53 bits per heavy atom. The smallest absolute Gasteiger partial charge is 0.408 e. The standard InChI is InChI=1S/C14H25NO4/c1-5-10-7-6-8-14(10,9-11(16)17)15-12(18)19-13(2,3)4/h10H,5-9H2,1-4H3,(H,15,18)(H,16,17). The summed E-state index contributed by atoms with van der Waals surface area (Å²) in [6.45, 7) is 7.41. The normalized spacial score (nSPS) is 27.1. The van der Waals surface area contributed by atoms with Gasteiger partial charge >= 0.3 is 12.1 Å². The molecule has 2 unspecified atom stereocenters. The van der Waals surface area contributed by atoms with Crippen LogP contribution in [0.2, 0.25) is 0 Å². The molecule has 0 aliphatic heterocycles. The van der Waals surface area contributed by atoms with Crippen LogP contribution in [-0.4, -0.2) is 28.3 Å². The van der Waals surface area contributed by atoms with Gasteiger partial charge in [0.15, 0.2) is 0 Å². The van der Waals surface area contributed by atoms with Gasteiger partial charge in [0.1, 0.15) is 5.60 Å². The largest absolute Gasteiger partial charge is 0.481 e. The van der Waals surface area contributed by atoms with E-state index < -0.39 is 23.2 Å². The third-order valence-corrected chi connectivity index (χ3v) is 3.67. The topological polar surface area (TPSA) is 75.6 Å².